The summed E-state index contributed by atoms with van der Waals surface area (Å²) in [5.41, 5.74) is 0.939. The van der Waals surface area contributed by atoms with Crippen LogP contribution in [0.1, 0.15) is 27.7 Å². The molecule has 2 aromatic heterocycles. The van der Waals surface area contributed by atoms with E-state index in [0.717, 1.165) is 21.2 Å². The SMILES string of the molecule is CC1(C)OB(c2ccc3cc(Br)[nH]c3n2)OC1(C)C. The van der Waals surface area contributed by atoms with Gasteiger partial charge in [-0.3, -0.25) is 0 Å². The molecule has 0 bridgehead atoms. The molecule has 19 heavy (non-hydrogen) atoms. The van der Waals surface area contributed by atoms with Gasteiger partial charge in [0.2, 0.25) is 0 Å². The number of halogens is 1. The van der Waals surface area contributed by atoms with Crippen LogP contribution in [0.15, 0.2) is 22.8 Å². The van der Waals surface area contributed by atoms with E-state index in [1.54, 1.807) is 0 Å². The molecule has 0 saturated carbocycles. The topological polar surface area (TPSA) is 47.1 Å². The first-order valence-corrected chi connectivity index (χ1v) is 7.09. The molecule has 6 heteroatoms. The number of nitrogens with one attached hydrogen (secondary N) is 1. The van der Waals surface area contributed by atoms with Crippen molar-refractivity contribution in [2.45, 2.75) is 38.9 Å². The van der Waals surface area contributed by atoms with Crippen molar-refractivity contribution in [2.75, 3.05) is 0 Å². The van der Waals surface area contributed by atoms with Crippen LogP contribution in [0.3, 0.4) is 0 Å². The Morgan fingerprint density at radius 3 is 2.42 bits per heavy atom. The number of aromatic nitrogens is 2. The average molecular weight is 323 g/mol. The number of pyridine rings is 1. The largest absolute Gasteiger partial charge is 0.514 e. The molecule has 4 nitrogen and oxygen atoms in total. The molecule has 0 spiro atoms. The van der Waals surface area contributed by atoms with E-state index in [1.807, 2.05) is 45.9 Å². The highest BCUT2D eigenvalue weighted by Gasteiger charge is 2.52. The van der Waals surface area contributed by atoms with Crippen LogP contribution in [0.2, 0.25) is 0 Å². The van der Waals surface area contributed by atoms with Gasteiger partial charge in [0.25, 0.3) is 0 Å². The summed E-state index contributed by atoms with van der Waals surface area (Å²) in [5.74, 6) is 0. The lowest BCUT2D eigenvalue weighted by atomic mass is 9.84. The van der Waals surface area contributed by atoms with E-state index in [0.29, 0.717) is 0 Å². The number of hydrogen-bond acceptors (Lipinski definition) is 3. The average Bonchev–Trinajstić information content (AvgIpc) is 2.74. The highest BCUT2D eigenvalue weighted by Crippen LogP contribution is 2.36. The highest BCUT2D eigenvalue weighted by atomic mass is 79.9. The summed E-state index contributed by atoms with van der Waals surface area (Å²) in [6.07, 6.45) is 0. The second-order valence-electron chi connectivity index (χ2n) is 5.88. The Hall–Kier alpha value is -0.845. The number of hydrogen-bond donors (Lipinski definition) is 1. The van der Waals surface area contributed by atoms with Crippen molar-refractivity contribution in [3.05, 3.63) is 22.8 Å². The monoisotopic (exact) mass is 322 g/mol. The van der Waals surface area contributed by atoms with Crippen molar-refractivity contribution in [1.29, 1.82) is 0 Å². The van der Waals surface area contributed by atoms with Crippen LogP contribution >= 0.6 is 15.9 Å². The zero-order valence-corrected chi connectivity index (χ0v) is 13.0. The van der Waals surface area contributed by atoms with E-state index in [2.05, 4.69) is 25.9 Å². The number of aromatic amines is 1. The van der Waals surface area contributed by atoms with Gasteiger partial charge in [-0.2, -0.15) is 0 Å². The summed E-state index contributed by atoms with van der Waals surface area (Å²) in [6, 6.07) is 5.96. The van der Waals surface area contributed by atoms with Crippen molar-refractivity contribution in [1.82, 2.24) is 9.97 Å². The second kappa shape index (κ2) is 4.07. The fourth-order valence-electron chi connectivity index (χ4n) is 2.08. The first kappa shape index (κ1) is 13.2. The van der Waals surface area contributed by atoms with Gasteiger partial charge in [-0.15, -0.1) is 0 Å². The van der Waals surface area contributed by atoms with Crippen LogP contribution in [-0.4, -0.2) is 28.3 Å². The van der Waals surface area contributed by atoms with Gasteiger partial charge in [0.1, 0.15) is 5.65 Å². The first-order valence-electron chi connectivity index (χ1n) is 6.29. The Morgan fingerprint density at radius 1 is 1.16 bits per heavy atom. The van der Waals surface area contributed by atoms with Crippen molar-refractivity contribution >= 4 is 39.7 Å². The van der Waals surface area contributed by atoms with Gasteiger partial charge < -0.3 is 14.3 Å². The predicted molar refractivity (Wildman–Crippen MR) is 79.5 cm³/mol. The van der Waals surface area contributed by atoms with Crippen LogP contribution in [0.4, 0.5) is 0 Å². The molecule has 0 aliphatic carbocycles. The maximum Gasteiger partial charge on any atom is 0.514 e. The fraction of sp³-hybridized carbons (Fsp3) is 0.462. The Labute approximate surface area is 121 Å². The standard InChI is InChI=1S/C13H16BBrN2O2/c1-12(2)13(3,4)19-14(18-12)9-6-5-8-7-10(15)17-11(8)16-9/h5-7H,1-4H3,(H,16,17). The van der Waals surface area contributed by atoms with Gasteiger partial charge >= 0.3 is 7.12 Å². The molecule has 1 aliphatic heterocycles. The number of H-pyrrole nitrogens is 1. The lowest BCUT2D eigenvalue weighted by molar-refractivity contribution is 0.00578. The molecule has 1 N–H and O–H groups in total. The number of fused-ring (bicyclic) bond motifs is 1. The van der Waals surface area contributed by atoms with Crippen molar-refractivity contribution in [3.8, 4) is 0 Å². The molecule has 100 valence electrons. The Morgan fingerprint density at radius 2 is 1.79 bits per heavy atom. The van der Waals surface area contributed by atoms with Crippen LogP contribution < -0.4 is 5.59 Å². The minimum absolute atomic E-state index is 0.343. The third kappa shape index (κ3) is 2.12. The molecule has 1 fully saturated rings. The van der Waals surface area contributed by atoms with Gasteiger partial charge in [-0.05, 0) is 61.8 Å². The Balaban J connectivity index is 1.97. The molecule has 0 atom stereocenters. The van der Waals surface area contributed by atoms with Crippen LogP contribution in [0.25, 0.3) is 11.0 Å². The fourth-order valence-corrected chi connectivity index (χ4v) is 2.52. The van der Waals surface area contributed by atoms with Crippen molar-refractivity contribution in [2.24, 2.45) is 0 Å². The lowest BCUT2D eigenvalue weighted by Gasteiger charge is -2.32. The predicted octanol–water partition coefficient (Wildman–Crippen LogP) is 2.62. The molecule has 1 aliphatic rings. The third-order valence-electron chi connectivity index (χ3n) is 3.96. The molecule has 2 aromatic rings. The van der Waals surface area contributed by atoms with Gasteiger partial charge in [-0.25, -0.2) is 4.98 Å². The molecular weight excluding hydrogens is 307 g/mol. The summed E-state index contributed by atoms with van der Waals surface area (Å²) in [4.78, 5) is 7.73. The minimum atomic E-state index is -0.420. The lowest BCUT2D eigenvalue weighted by Crippen LogP contribution is -2.41. The summed E-state index contributed by atoms with van der Waals surface area (Å²) in [6.45, 7) is 8.15. The first-order chi connectivity index (χ1) is 8.78. The van der Waals surface area contributed by atoms with E-state index in [-0.39, 0.29) is 11.2 Å². The molecule has 3 heterocycles. The van der Waals surface area contributed by atoms with E-state index >= 15 is 0 Å². The minimum Gasteiger partial charge on any atom is -0.398 e. The molecule has 3 rings (SSSR count). The molecule has 0 aromatic carbocycles. The smallest absolute Gasteiger partial charge is 0.398 e. The summed E-state index contributed by atoms with van der Waals surface area (Å²) in [7, 11) is -0.420. The number of rotatable bonds is 1. The summed E-state index contributed by atoms with van der Waals surface area (Å²) >= 11 is 3.41. The van der Waals surface area contributed by atoms with Crippen LogP contribution in [0, 0.1) is 0 Å². The van der Waals surface area contributed by atoms with Gasteiger partial charge in [0.15, 0.2) is 0 Å². The quantitative estimate of drug-likeness (QED) is 0.821. The van der Waals surface area contributed by atoms with E-state index in [1.165, 1.54) is 0 Å². The van der Waals surface area contributed by atoms with Crippen LogP contribution in [0.5, 0.6) is 0 Å². The number of nitrogens with zero attached hydrogens (tertiary/aromatic N) is 1. The van der Waals surface area contributed by atoms with E-state index in [4.69, 9.17) is 9.31 Å². The van der Waals surface area contributed by atoms with Crippen LogP contribution in [-0.2, 0) is 9.31 Å². The van der Waals surface area contributed by atoms with Gasteiger partial charge in [-0.1, -0.05) is 0 Å². The summed E-state index contributed by atoms with van der Waals surface area (Å²) < 4.78 is 12.9. The zero-order valence-electron chi connectivity index (χ0n) is 11.5. The Kier molecular flexibility index (Phi) is 2.82. The van der Waals surface area contributed by atoms with Gasteiger partial charge in [0, 0.05) is 5.39 Å². The molecule has 0 amide bonds. The molecule has 0 unspecified atom stereocenters. The Bertz CT molecular complexity index is 623. The van der Waals surface area contributed by atoms with Crippen molar-refractivity contribution < 1.29 is 9.31 Å². The normalized spacial score (nSPS) is 21.2. The maximum absolute atomic E-state index is 6.00. The highest BCUT2D eigenvalue weighted by molar-refractivity contribution is 9.10. The van der Waals surface area contributed by atoms with E-state index < -0.39 is 7.12 Å². The molecule has 0 radical (unpaired) electrons. The molecule has 1 saturated heterocycles. The second-order valence-corrected chi connectivity index (χ2v) is 6.73. The third-order valence-corrected chi connectivity index (χ3v) is 4.39. The van der Waals surface area contributed by atoms with E-state index in [9.17, 15) is 0 Å². The van der Waals surface area contributed by atoms with Crippen molar-refractivity contribution in [3.63, 3.8) is 0 Å². The summed E-state index contributed by atoms with van der Waals surface area (Å²) in [5, 5.41) is 1.06. The molecular formula is C13H16BBrN2O2. The zero-order chi connectivity index (χ0) is 13.8. The van der Waals surface area contributed by atoms with Gasteiger partial charge in [0.05, 0.1) is 21.4 Å². The maximum atomic E-state index is 6.00.